The Morgan fingerprint density at radius 1 is 1.32 bits per heavy atom. The average Bonchev–Trinajstić information content (AvgIpc) is 2.59. The number of rotatable bonds is 5. The van der Waals surface area contributed by atoms with Gasteiger partial charge in [-0.15, -0.1) is 0 Å². The predicted octanol–water partition coefficient (Wildman–Crippen LogP) is 1.65. The van der Waals surface area contributed by atoms with Gasteiger partial charge in [0.15, 0.2) is 6.29 Å². The molecule has 0 unspecified atom stereocenters. The Kier molecular flexibility index (Phi) is 7.31. The van der Waals surface area contributed by atoms with E-state index in [2.05, 4.69) is 15.3 Å². The van der Waals surface area contributed by atoms with Crippen LogP contribution in [0.1, 0.15) is 18.1 Å². The van der Waals surface area contributed by atoms with Gasteiger partial charge in [0.05, 0.1) is 30.1 Å². The van der Waals surface area contributed by atoms with Crippen molar-refractivity contribution in [3.05, 3.63) is 46.7 Å². The molecule has 1 rings (SSSR count). The molecule has 0 aliphatic heterocycles. The minimum absolute atomic E-state index is 0.00745. The van der Waals surface area contributed by atoms with Gasteiger partial charge in [-0.3, -0.25) is 14.8 Å². The van der Waals surface area contributed by atoms with Crippen LogP contribution in [0.4, 0.5) is 13.2 Å². The van der Waals surface area contributed by atoms with Gasteiger partial charge in [0, 0.05) is 12.7 Å². The molecule has 0 saturated heterocycles. The highest BCUT2D eigenvalue weighted by molar-refractivity contribution is 6.19. The molecular formula is C16H19F3N4O2. The van der Waals surface area contributed by atoms with E-state index in [4.69, 9.17) is 10.8 Å². The summed E-state index contributed by atoms with van der Waals surface area (Å²) < 4.78 is 37.7. The second kappa shape index (κ2) is 8.97. The van der Waals surface area contributed by atoms with Gasteiger partial charge in [-0.1, -0.05) is 12.1 Å². The smallest absolute Gasteiger partial charge is 0.399 e. The van der Waals surface area contributed by atoms with E-state index >= 15 is 0 Å². The molecule has 0 aliphatic rings. The quantitative estimate of drug-likeness (QED) is 0.323. The van der Waals surface area contributed by atoms with Crippen LogP contribution in [0.25, 0.3) is 0 Å². The molecule has 0 heterocycles. The van der Waals surface area contributed by atoms with E-state index in [0.29, 0.717) is 17.7 Å². The van der Waals surface area contributed by atoms with Crippen molar-refractivity contribution in [2.75, 3.05) is 13.7 Å². The number of halogens is 3. The van der Waals surface area contributed by atoms with Crippen molar-refractivity contribution in [1.29, 1.82) is 0 Å². The third kappa shape index (κ3) is 6.03. The van der Waals surface area contributed by atoms with E-state index in [0.717, 1.165) is 12.1 Å². The molecule has 0 saturated carbocycles. The second-order valence-corrected chi connectivity index (χ2v) is 5.01. The second-order valence-electron chi connectivity index (χ2n) is 5.01. The molecule has 1 aromatic rings. The number of carbonyl (C=O) groups excluding carboxylic acids is 1. The first-order valence-corrected chi connectivity index (χ1v) is 7.19. The number of amidine groups is 2. The Hall–Kier alpha value is -2.68. The molecule has 1 aromatic carbocycles. The maximum absolute atomic E-state index is 12.6. The molecule has 9 heteroatoms. The maximum atomic E-state index is 12.6. The van der Waals surface area contributed by atoms with Gasteiger partial charge in [-0.2, -0.15) is 13.2 Å². The van der Waals surface area contributed by atoms with Gasteiger partial charge in [0.1, 0.15) is 5.84 Å². The first-order valence-electron chi connectivity index (χ1n) is 7.19. The average molecular weight is 356 g/mol. The fourth-order valence-corrected chi connectivity index (χ4v) is 1.76. The van der Waals surface area contributed by atoms with Crippen molar-refractivity contribution >= 4 is 18.0 Å². The monoisotopic (exact) mass is 356 g/mol. The number of aldehydes is 1. The van der Waals surface area contributed by atoms with Gasteiger partial charge in [0.2, 0.25) is 0 Å². The van der Waals surface area contributed by atoms with Crippen LogP contribution in [0.2, 0.25) is 0 Å². The minimum atomic E-state index is -4.41. The van der Waals surface area contributed by atoms with Gasteiger partial charge >= 0.3 is 6.18 Å². The highest BCUT2D eigenvalue weighted by atomic mass is 19.4. The lowest BCUT2D eigenvalue weighted by Gasteiger charge is -2.12. The van der Waals surface area contributed by atoms with Gasteiger partial charge < -0.3 is 16.2 Å². The summed E-state index contributed by atoms with van der Waals surface area (Å²) in [6, 6.07) is 4.50. The third-order valence-corrected chi connectivity index (χ3v) is 3.22. The molecule has 0 amide bonds. The summed E-state index contributed by atoms with van der Waals surface area (Å²) in [6.07, 6.45) is -3.97. The number of benzene rings is 1. The lowest BCUT2D eigenvalue weighted by atomic mass is 10.1. The third-order valence-electron chi connectivity index (χ3n) is 3.22. The number of nitrogens with one attached hydrogen (secondary N) is 1. The van der Waals surface area contributed by atoms with Gasteiger partial charge in [-0.25, -0.2) is 0 Å². The van der Waals surface area contributed by atoms with Crippen molar-refractivity contribution in [3.63, 3.8) is 0 Å². The molecule has 0 fully saturated rings. The van der Waals surface area contributed by atoms with Crippen LogP contribution in [0.3, 0.4) is 0 Å². The number of nitrogens with zero attached hydrogens (tertiary/aromatic N) is 2. The number of aliphatic hydroxyl groups is 1. The maximum Gasteiger partial charge on any atom is 0.416 e. The highest BCUT2D eigenvalue weighted by Crippen LogP contribution is 2.29. The van der Waals surface area contributed by atoms with Crippen molar-refractivity contribution < 1.29 is 23.1 Å². The summed E-state index contributed by atoms with van der Waals surface area (Å²) >= 11 is 0. The van der Waals surface area contributed by atoms with Crippen LogP contribution in [0.15, 0.2) is 45.5 Å². The number of hydrogen-bond donors (Lipinski definition) is 3. The van der Waals surface area contributed by atoms with Gasteiger partial charge in [0.25, 0.3) is 0 Å². The van der Waals surface area contributed by atoms with Crippen LogP contribution in [-0.4, -0.2) is 36.7 Å². The summed E-state index contributed by atoms with van der Waals surface area (Å²) in [6.45, 7) is 1.09. The van der Waals surface area contributed by atoms with E-state index in [1.54, 1.807) is 6.92 Å². The number of nitrogens with two attached hydrogens (primary N) is 1. The standard InChI is InChI=1S/C16H19F3N4O2/c1-10(21-2)23-15(13(8-24)14(20)9-25)22-7-11-3-5-12(6-4-11)16(17,18)19/h3-6,8,25H,7,9,20H2,1-2H3,(H,21,22,23). The molecule has 4 N–H and O–H groups in total. The van der Waals surface area contributed by atoms with E-state index < -0.39 is 18.3 Å². The fourth-order valence-electron chi connectivity index (χ4n) is 1.76. The SMILES string of the molecule is CN=C(C)NC(=NCc1ccc(C(F)(F)F)cc1)C(C=O)=C(N)CO. The van der Waals surface area contributed by atoms with Crippen molar-refractivity contribution in [2.24, 2.45) is 15.7 Å². The van der Waals surface area contributed by atoms with Crippen LogP contribution < -0.4 is 11.1 Å². The van der Waals surface area contributed by atoms with E-state index in [1.165, 1.54) is 19.2 Å². The van der Waals surface area contributed by atoms with E-state index in [9.17, 15) is 18.0 Å². The lowest BCUT2D eigenvalue weighted by Crippen LogP contribution is -2.32. The number of alkyl halides is 3. The van der Waals surface area contributed by atoms with Crippen LogP contribution in [0, 0.1) is 0 Å². The van der Waals surface area contributed by atoms with E-state index in [-0.39, 0.29) is 23.7 Å². The van der Waals surface area contributed by atoms with Crippen LogP contribution in [-0.2, 0) is 17.5 Å². The number of aliphatic imine (C=N–C) groups is 2. The normalized spacial score (nSPS) is 14.2. The summed E-state index contributed by atoms with van der Waals surface area (Å²) in [5, 5.41) is 11.9. The van der Waals surface area contributed by atoms with Crippen molar-refractivity contribution in [1.82, 2.24) is 5.32 Å². The molecule has 0 radical (unpaired) electrons. The molecule has 25 heavy (non-hydrogen) atoms. The first kappa shape index (κ1) is 20.4. The summed E-state index contributed by atoms with van der Waals surface area (Å²) in [7, 11) is 1.52. The minimum Gasteiger partial charge on any atom is -0.399 e. The number of aliphatic hydroxyl groups excluding tert-OH is 1. The van der Waals surface area contributed by atoms with Gasteiger partial charge in [-0.05, 0) is 24.6 Å². The predicted molar refractivity (Wildman–Crippen MR) is 89.1 cm³/mol. The van der Waals surface area contributed by atoms with Crippen molar-refractivity contribution in [2.45, 2.75) is 19.6 Å². The summed E-state index contributed by atoms with van der Waals surface area (Å²) in [5.41, 5.74) is 5.21. The van der Waals surface area contributed by atoms with E-state index in [1.807, 2.05) is 0 Å². The Bertz CT molecular complexity index is 692. The first-order chi connectivity index (χ1) is 11.7. The number of carbonyl (C=O) groups is 1. The largest absolute Gasteiger partial charge is 0.416 e. The molecule has 0 atom stereocenters. The zero-order valence-corrected chi connectivity index (χ0v) is 13.8. The molecule has 136 valence electrons. The Morgan fingerprint density at radius 2 is 1.92 bits per heavy atom. The zero-order valence-electron chi connectivity index (χ0n) is 13.8. The highest BCUT2D eigenvalue weighted by Gasteiger charge is 2.29. The Morgan fingerprint density at radius 3 is 2.36 bits per heavy atom. The molecular weight excluding hydrogens is 337 g/mol. The van der Waals surface area contributed by atoms with Crippen molar-refractivity contribution in [3.8, 4) is 0 Å². The zero-order chi connectivity index (χ0) is 19.0. The summed E-state index contributed by atoms with van der Waals surface area (Å²) in [5.74, 6) is 0.515. The molecule has 0 aromatic heterocycles. The molecule has 0 aliphatic carbocycles. The van der Waals surface area contributed by atoms with Crippen LogP contribution >= 0.6 is 0 Å². The molecule has 6 nitrogen and oxygen atoms in total. The Labute approximate surface area is 143 Å². The summed E-state index contributed by atoms with van der Waals surface area (Å²) in [4.78, 5) is 19.3. The van der Waals surface area contributed by atoms with Crippen LogP contribution in [0.5, 0.6) is 0 Å². The molecule has 0 spiro atoms. The lowest BCUT2D eigenvalue weighted by molar-refractivity contribution is -0.137. The molecule has 0 bridgehead atoms. The number of hydrogen-bond acceptors (Lipinski definition) is 5. The fraction of sp³-hybridized carbons (Fsp3) is 0.312. The Balaban J connectivity index is 3.12. The topological polar surface area (TPSA) is 100 Å².